The molecule has 0 unspecified atom stereocenters. The lowest BCUT2D eigenvalue weighted by atomic mass is 10.2. The Morgan fingerprint density at radius 2 is 2.18 bits per heavy atom. The average Bonchev–Trinajstić information content (AvgIpc) is 3.12. The molecule has 0 spiro atoms. The van der Waals surface area contributed by atoms with Crippen molar-refractivity contribution in [2.24, 2.45) is 0 Å². The van der Waals surface area contributed by atoms with E-state index in [0.717, 1.165) is 5.56 Å². The molecule has 0 fully saturated rings. The van der Waals surface area contributed by atoms with E-state index in [1.54, 1.807) is 33.6 Å². The van der Waals surface area contributed by atoms with Crippen molar-refractivity contribution < 1.29 is 0 Å². The number of aromatic nitrogens is 5. The van der Waals surface area contributed by atoms with E-state index in [1.807, 2.05) is 19.2 Å². The first-order chi connectivity index (χ1) is 10.6. The molecule has 2 aromatic heterocycles. The Morgan fingerprint density at radius 3 is 2.86 bits per heavy atom. The lowest BCUT2D eigenvalue weighted by molar-refractivity contribution is 0.509. The minimum atomic E-state index is -0.292. The van der Waals surface area contributed by atoms with E-state index >= 15 is 0 Å². The van der Waals surface area contributed by atoms with Crippen LogP contribution in [0.3, 0.4) is 0 Å². The lowest BCUT2D eigenvalue weighted by Crippen LogP contribution is -2.22. The molecule has 114 valence electrons. The number of hydrogen-bond donors (Lipinski definition) is 1. The second-order valence-electron chi connectivity index (χ2n) is 4.87. The first kappa shape index (κ1) is 14.9. The highest BCUT2D eigenvalue weighted by Gasteiger charge is 2.18. The predicted molar refractivity (Wildman–Crippen MR) is 84.5 cm³/mol. The SMILES string of the molecule is C[C@@H](c1n[nH]c(=O)n1Cc1ccc(Cl)cc1Cl)n1cccn1. The third-order valence-electron chi connectivity index (χ3n) is 3.43. The monoisotopic (exact) mass is 337 g/mol. The highest BCUT2D eigenvalue weighted by atomic mass is 35.5. The maximum absolute atomic E-state index is 12.0. The summed E-state index contributed by atoms with van der Waals surface area (Å²) in [6.07, 6.45) is 3.51. The smallest absolute Gasteiger partial charge is 0.273 e. The van der Waals surface area contributed by atoms with Gasteiger partial charge in [0, 0.05) is 22.4 Å². The van der Waals surface area contributed by atoms with E-state index in [4.69, 9.17) is 23.2 Å². The molecular weight excluding hydrogens is 325 g/mol. The number of halogens is 2. The van der Waals surface area contributed by atoms with Gasteiger partial charge in [-0.3, -0.25) is 9.25 Å². The van der Waals surface area contributed by atoms with Gasteiger partial charge < -0.3 is 0 Å². The summed E-state index contributed by atoms with van der Waals surface area (Å²) in [5, 5.41) is 11.8. The molecule has 0 bridgehead atoms. The fraction of sp³-hybridized carbons (Fsp3) is 0.214. The fourth-order valence-electron chi connectivity index (χ4n) is 2.25. The first-order valence-corrected chi connectivity index (χ1v) is 7.40. The van der Waals surface area contributed by atoms with Crippen LogP contribution in [0.25, 0.3) is 0 Å². The third-order valence-corrected chi connectivity index (χ3v) is 4.01. The molecule has 0 radical (unpaired) electrons. The molecule has 0 aliphatic heterocycles. The molecule has 3 aromatic rings. The van der Waals surface area contributed by atoms with Crippen LogP contribution in [0.1, 0.15) is 24.4 Å². The topological polar surface area (TPSA) is 68.5 Å². The molecule has 1 atom stereocenters. The van der Waals surface area contributed by atoms with Gasteiger partial charge in [0.2, 0.25) is 0 Å². The Hall–Kier alpha value is -2.05. The molecule has 0 aliphatic carbocycles. The van der Waals surface area contributed by atoms with Crippen LogP contribution < -0.4 is 5.69 Å². The Bertz CT molecular complexity index is 837. The second kappa shape index (κ2) is 5.98. The lowest BCUT2D eigenvalue weighted by Gasteiger charge is -2.13. The van der Waals surface area contributed by atoms with Gasteiger partial charge in [0.05, 0.1) is 6.54 Å². The number of rotatable bonds is 4. The van der Waals surface area contributed by atoms with E-state index < -0.39 is 0 Å². The molecule has 22 heavy (non-hydrogen) atoms. The maximum atomic E-state index is 12.0. The Labute approximate surface area is 136 Å². The van der Waals surface area contributed by atoms with Gasteiger partial charge >= 0.3 is 5.69 Å². The van der Waals surface area contributed by atoms with E-state index in [2.05, 4.69) is 15.3 Å². The molecule has 0 amide bonds. The molecule has 6 nitrogen and oxygen atoms in total. The van der Waals surface area contributed by atoms with Crippen molar-refractivity contribution in [3.8, 4) is 0 Å². The molecule has 1 N–H and O–H groups in total. The van der Waals surface area contributed by atoms with E-state index in [1.165, 1.54) is 0 Å². The van der Waals surface area contributed by atoms with Crippen molar-refractivity contribution in [2.75, 3.05) is 0 Å². The minimum absolute atomic E-state index is 0.181. The zero-order valence-corrected chi connectivity index (χ0v) is 13.2. The number of nitrogens with one attached hydrogen (secondary N) is 1. The zero-order chi connectivity index (χ0) is 15.7. The van der Waals surface area contributed by atoms with Crippen molar-refractivity contribution in [1.29, 1.82) is 0 Å². The molecule has 3 rings (SSSR count). The van der Waals surface area contributed by atoms with Gasteiger partial charge in [0.15, 0.2) is 5.82 Å². The molecule has 2 heterocycles. The standard InChI is InChI=1S/C14H13Cl2N5O/c1-9(21-6-2-5-17-21)13-18-19-14(22)20(13)8-10-3-4-11(15)7-12(10)16/h2-7,9H,8H2,1H3,(H,19,22)/t9-/m0/s1. The summed E-state index contributed by atoms with van der Waals surface area (Å²) in [5.74, 6) is 0.583. The summed E-state index contributed by atoms with van der Waals surface area (Å²) in [6.45, 7) is 2.23. The molecule has 1 aromatic carbocycles. The molecular formula is C14H13Cl2N5O. The van der Waals surface area contributed by atoms with Crippen molar-refractivity contribution in [1.82, 2.24) is 24.5 Å². The number of benzene rings is 1. The largest absolute Gasteiger partial charge is 0.343 e. The molecule has 0 saturated heterocycles. The van der Waals surface area contributed by atoms with Crippen LogP contribution in [-0.2, 0) is 6.54 Å². The predicted octanol–water partition coefficient (Wildman–Crippen LogP) is 2.73. The van der Waals surface area contributed by atoms with Crippen molar-refractivity contribution >= 4 is 23.2 Å². The van der Waals surface area contributed by atoms with Gasteiger partial charge in [0.1, 0.15) is 6.04 Å². The highest BCUT2D eigenvalue weighted by molar-refractivity contribution is 6.35. The van der Waals surface area contributed by atoms with E-state index in [0.29, 0.717) is 22.4 Å². The third kappa shape index (κ3) is 2.80. The zero-order valence-electron chi connectivity index (χ0n) is 11.7. The van der Waals surface area contributed by atoms with Gasteiger partial charge in [-0.05, 0) is 30.7 Å². The van der Waals surface area contributed by atoms with Gasteiger partial charge in [-0.25, -0.2) is 9.89 Å². The van der Waals surface area contributed by atoms with Crippen LogP contribution in [-0.4, -0.2) is 24.5 Å². The summed E-state index contributed by atoms with van der Waals surface area (Å²) < 4.78 is 3.27. The van der Waals surface area contributed by atoms with Gasteiger partial charge in [-0.2, -0.15) is 10.2 Å². The Morgan fingerprint density at radius 1 is 1.36 bits per heavy atom. The van der Waals surface area contributed by atoms with E-state index in [-0.39, 0.29) is 11.7 Å². The normalized spacial score (nSPS) is 12.5. The van der Waals surface area contributed by atoms with Crippen molar-refractivity contribution in [3.63, 3.8) is 0 Å². The van der Waals surface area contributed by atoms with E-state index in [9.17, 15) is 4.79 Å². The van der Waals surface area contributed by atoms with Crippen molar-refractivity contribution in [3.05, 3.63) is 68.6 Å². The van der Waals surface area contributed by atoms with Crippen LogP contribution in [0.4, 0.5) is 0 Å². The fourth-order valence-corrected chi connectivity index (χ4v) is 2.72. The summed E-state index contributed by atoms with van der Waals surface area (Å²) in [5.41, 5.74) is 0.503. The number of H-pyrrole nitrogens is 1. The summed E-state index contributed by atoms with van der Waals surface area (Å²) in [4.78, 5) is 12.0. The molecule has 8 heteroatoms. The van der Waals surface area contributed by atoms with Crippen LogP contribution >= 0.6 is 23.2 Å². The van der Waals surface area contributed by atoms with Crippen LogP contribution in [0.15, 0.2) is 41.5 Å². The summed E-state index contributed by atoms with van der Waals surface area (Å²) >= 11 is 12.1. The number of aromatic amines is 1. The van der Waals surface area contributed by atoms with Gasteiger partial charge in [0.25, 0.3) is 0 Å². The van der Waals surface area contributed by atoms with Gasteiger partial charge in [-0.1, -0.05) is 29.3 Å². The summed E-state index contributed by atoms with van der Waals surface area (Å²) in [7, 11) is 0. The minimum Gasteiger partial charge on any atom is -0.273 e. The second-order valence-corrected chi connectivity index (χ2v) is 5.71. The van der Waals surface area contributed by atoms with Crippen LogP contribution in [0.5, 0.6) is 0 Å². The Balaban J connectivity index is 1.97. The number of hydrogen-bond acceptors (Lipinski definition) is 3. The van der Waals surface area contributed by atoms with Crippen molar-refractivity contribution in [2.45, 2.75) is 19.5 Å². The first-order valence-electron chi connectivity index (χ1n) is 6.64. The highest BCUT2D eigenvalue weighted by Crippen LogP contribution is 2.22. The number of nitrogens with zero attached hydrogens (tertiary/aromatic N) is 4. The Kier molecular flexibility index (Phi) is 4.04. The van der Waals surface area contributed by atoms with Crippen LogP contribution in [0, 0.1) is 0 Å². The maximum Gasteiger partial charge on any atom is 0.343 e. The van der Waals surface area contributed by atoms with Gasteiger partial charge in [-0.15, -0.1) is 0 Å². The van der Waals surface area contributed by atoms with Crippen LogP contribution in [0.2, 0.25) is 10.0 Å². The summed E-state index contributed by atoms with van der Waals surface area (Å²) in [6, 6.07) is 6.83. The molecule has 0 saturated carbocycles. The molecule has 0 aliphatic rings. The average molecular weight is 338 g/mol. The quantitative estimate of drug-likeness (QED) is 0.795.